The van der Waals surface area contributed by atoms with E-state index in [1.165, 1.54) is 6.33 Å². The molecule has 0 aliphatic rings. The van der Waals surface area contributed by atoms with Gasteiger partial charge in [0.25, 0.3) is 0 Å². The van der Waals surface area contributed by atoms with Gasteiger partial charge in [-0.05, 0) is 18.6 Å². The van der Waals surface area contributed by atoms with Crippen molar-refractivity contribution in [1.29, 1.82) is 0 Å². The summed E-state index contributed by atoms with van der Waals surface area (Å²) in [4.78, 5) is 22.1. The molecular weight excluding hydrogens is 252 g/mol. The number of benzene rings is 1. The lowest BCUT2D eigenvalue weighted by Crippen LogP contribution is -2.33. The summed E-state index contributed by atoms with van der Waals surface area (Å²) in [6, 6.07) is 7.75. The molecule has 5 heteroatoms. The Hall–Kier alpha value is -2.17. The third kappa shape index (κ3) is 3.44. The molecule has 0 radical (unpaired) electrons. The van der Waals surface area contributed by atoms with Gasteiger partial charge in [0.2, 0.25) is 5.91 Å². The Balaban J connectivity index is 2.01. The van der Waals surface area contributed by atoms with Gasteiger partial charge in [0, 0.05) is 19.0 Å². The number of amides is 1. The molecule has 0 saturated carbocycles. The Kier molecular flexibility index (Phi) is 4.87. The molecule has 5 nitrogen and oxygen atoms in total. The van der Waals surface area contributed by atoms with E-state index in [1.54, 1.807) is 4.90 Å². The highest BCUT2D eigenvalue weighted by atomic mass is 16.2. The number of nitrogens with zero attached hydrogens (tertiary/aromatic N) is 3. The number of aromatic nitrogens is 2. The van der Waals surface area contributed by atoms with E-state index >= 15 is 0 Å². The summed E-state index contributed by atoms with van der Waals surface area (Å²) < 4.78 is 0. The molecule has 106 valence electrons. The first-order valence-electron chi connectivity index (χ1n) is 6.90. The largest absolute Gasteiger partial charge is 0.360 e. The number of carbonyl (C=O) groups excluding carboxylic acids is 1. The minimum Gasteiger partial charge on any atom is -0.360 e. The molecule has 2 aromatic rings. The summed E-state index contributed by atoms with van der Waals surface area (Å²) >= 11 is 0. The first-order valence-corrected chi connectivity index (χ1v) is 6.90. The molecule has 0 aliphatic carbocycles. The molecule has 1 N–H and O–H groups in total. The van der Waals surface area contributed by atoms with Crippen molar-refractivity contribution in [2.45, 2.75) is 19.8 Å². The van der Waals surface area contributed by atoms with E-state index in [4.69, 9.17) is 0 Å². The molecule has 0 saturated heterocycles. The van der Waals surface area contributed by atoms with Crippen LogP contribution in [0.4, 0.5) is 5.82 Å². The van der Waals surface area contributed by atoms with Gasteiger partial charge in [0.05, 0.1) is 12.1 Å². The van der Waals surface area contributed by atoms with Gasteiger partial charge in [-0.1, -0.05) is 25.5 Å². The van der Waals surface area contributed by atoms with Crippen LogP contribution < -0.4 is 5.32 Å². The quantitative estimate of drug-likeness (QED) is 0.876. The lowest BCUT2D eigenvalue weighted by atomic mass is 10.2. The van der Waals surface area contributed by atoms with Crippen LogP contribution in [0, 0.1) is 0 Å². The smallest absolute Gasteiger partial charge is 0.241 e. The van der Waals surface area contributed by atoms with Crippen LogP contribution in [0.3, 0.4) is 0 Å². The number of rotatable bonds is 6. The SMILES string of the molecule is CCCCN(C)C(=O)CNc1ncnc2ccccc12. The zero-order valence-electron chi connectivity index (χ0n) is 12.0. The summed E-state index contributed by atoms with van der Waals surface area (Å²) in [5.74, 6) is 0.772. The van der Waals surface area contributed by atoms with Gasteiger partial charge in [-0.2, -0.15) is 0 Å². The second-order valence-corrected chi connectivity index (χ2v) is 4.76. The third-order valence-electron chi connectivity index (χ3n) is 3.22. The molecule has 2 rings (SSSR count). The molecule has 1 amide bonds. The standard InChI is InChI=1S/C15H20N4O/c1-3-4-9-19(2)14(20)10-16-15-12-7-5-6-8-13(12)17-11-18-15/h5-8,11H,3-4,9-10H2,1-2H3,(H,16,17,18). The zero-order valence-corrected chi connectivity index (χ0v) is 12.0. The van der Waals surface area contributed by atoms with Gasteiger partial charge < -0.3 is 10.2 Å². The van der Waals surface area contributed by atoms with Crippen LogP contribution >= 0.6 is 0 Å². The van der Waals surface area contributed by atoms with E-state index in [-0.39, 0.29) is 12.5 Å². The maximum absolute atomic E-state index is 12.0. The zero-order chi connectivity index (χ0) is 14.4. The number of unbranched alkanes of at least 4 members (excludes halogenated alkanes) is 1. The molecule has 1 heterocycles. The van der Waals surface area contributed by atoms with E-state index < -0.39 is 0 Å². The fraction of sp³-hybridized carbons (Fsp3) is 0.400. The maximum Gasteiger partial charge on any atom is 0.241 e. The van der Waals surface area contributed by atoms with Crippen molar-refractivity contribution in [3.05, 3.63) is 30.6 Å². The number of fused-ring (bicyclic) bond motifs is 1. The van der Waals surface area contributed by atoms with Crippen molar-refractivity contribution < 1.29 is 4.79 Å². The van der Waals surface area contributed by atoms with Crippen molar-refractivity contribution in [3.8, 4) is 0 Å². The summed E-state index contributed by atoms with van der Waals surface area (Å²) in [6.07, 6.45) is 3.62. The lowest BCUT2D eigenvalue weighted by molar-refractivity contribution is -0.128. The highest BCUT2D eigenvalue weighted by Gasteiger charge is 2.09. The van der Waals surface area contributed by atoms with Gasteiger partial charge in [0.15, 0.2) is 0 Å². The molecule has 0 unspecified atom stereocenters. The van der Waals surface area contributed by atoms with Crippen LogP contribution in [0.2, 0.25) is 0 Å². The van der Waals surface area contributed by atoms with Crippen LogP contribution in [0.5, 0.6) is 0 Å². The van der Waals surface area contributed by atoms with Crippen LogP contribution in [0.25, 0.3) is 10.9 Å². The van der Waals surface area contributed by atoms with Crippen molar-refractivity contribution in [3.63, 3.8) is 0 Å². The normalized spacial score (nSPS) is 10.5. The van der Waals surface area contributed by atoms with Crippen molar-refractivity contribution in [2.75, 3.05) is 25.5 Å². The predicted octanol–water partition coefficient (Wildman–Crippen LogP) is 2.30. The number of anilines is 1. The molecular formula is C15H20N4O. The minimum atomic E-state index is 0.0705. The Morgan fingerprint density at radius 1 is 1.30 bits per heavy atom. The number of hydrogen-bond acceptors (Lipinski definition) is 4. The van der Waals surface area contributed by atoms with Crippen LogP contribution in [0.1, 0.15) is 19.8 Å². The molecule has 0 bridgehead atoms. The summed E-state index contributed by atoms with van der Waals surface area (Å²) in [5.41, 5.74) is 0.872. The average Bonchev–Trinajstić information content (AvgIpc) is 2.50. The molecule has 0 spiro atoms. The van der Waals surface area contributed by atoms with E-state index in [0.29, 0.717) is 5.82 Å². The van der Waals surface area contributed by atoms with Crippen LogP contribution in [-0.4, -0.2) is 40.9 Å². The van der Waals surface area contributed by atoms with Gasteiger partial charge in [-0.15, -0.1) is 0 Å². The Labute approximate surface area is 119 Å². The Morgan fingerprint density at radius 3 is 2.90 bits per heavy atom. The summed E-state index contributed by atoms with van der Waals surface area (Å²) in [5, 5.41) is 4.03. The summed E-state index contributed by atoms with van der Waals surface area (Å²) in [7, 11) is 1.83. The number of hydrogen-bond donors (Lipinski definition) is 1. The lowest BCUT2D eigenvalue weighted by Gasteiger charge is -2.17. The first kappa shape index (κ1) is 14.2. The average molecular weight is 272 g/mol. The van der Waals surface area contributed by atoms with Crippen LogP contribution in [0.15, 0.2) is 30.6 Å². The second kappa shape index (κ2) is 6.84. The highest BCUT2D eigenvalue weighted by Crippen LogP contribution is 2.17. The van der Waals surface area contributed by atoms with Crippen molar-refractivity contribution in [2.24, 2.45) is 0 Å². The Bertz CT molecular complexity index is 580. The van der Waals surface area contributed by atoms with Crippen molar-refractivity contribution in [1.82, 2.24) is 14.9 Å². The monoisotopic (exact) mass is 272 g/mol. The van der Waals surface area contributed by atoms with Crippen LogP contribution in [-0.2, 0) is 4.79 Å². The first-order chi connectivity index (χ1) is 9.72. The molecule has 1 aromatic heterocycles. The maximum atomic E-state index is 12.0. The fourth-order valence-corrected chi connectivity index (χ4v) is 1.96. The second-order valence-electron chi connectivity index (χ2n) is 4.76. The molecule has 1 aromatic carbocycles. The van der Waals surface area contributed by atoms with Gasteiger partial charge >= 0.3 is 0 Å². The van der Waals surface area contributed by atoms with Gasteiger partial charge in [-0.25, -0.2) is 9.97 Å². The van der Waals surface area contributed by atoms with E-state index in [2.05, 4.69) is 22.2 Å². The van der Waals surface area contributed by atoms with E-state index in [0.717, 1.165) is 30.3 Å². The van der Waals surface area contributed by atoms with E-state index in [9.17, 15) is 4.79 Å². The number of carbonyl (C=O) groups is 1. The number of likely N-dealkylation sites (N-methyl/N-ethyl adjacent to an activating group) is 1. The van der Waals surface area contributed by atoms with Gasteiger partial charge in [0.1, 0.15) is 12.1 Å². The molecule has 20 heavy (non-hydrogen) atoms. The predicted molar refractivity (Wildman–Crippen MR) is 80.6 cm³/mol. The van der Waals surface area contributed by atoms with Crippen molar-refractivity contribution >= 4 is 22.6 Å². The Morgan fingerprint density at radius 2 is 2.10 bits per heavy atom. The minimum absolute atomic E-state index is 0.0705. The third-order valence-corrected chi connectivity index (χ3v) is 3.22. The topological polar surface area (TPSA) is 58.1 Å². The van der Waals surface area contributed by atoms with E-state index in [1.807, 2.05) is 31.3 Å². The molecule has 0 aliphatic heterocycles. The van der Waals surface area contributed by atoms with Gasteiger partial charge in [-0.3, -0.25) is 4.79 Å². The molecule has 0 atom stereocenters. The fourth-order valence-electron chi connectivity index (χ4n) is 1.96. The summed E-state index contributed by atoms with van der Waals surface area (Å²) in [6.45, 7) is 3.16. The number of nitrogens with one attached hydrogen (secondary N) is 1. The number of para-hydroxylation sites is 1. The molecule has 0 fully saturated rings. The highest BCUT2D eigenvalue weighted by molar-refractivity contribution is 5.90.